The smallest absolute Gasteiger partial charge is 0.368 e. The topological polar surface area (TPSA) is 67.9 Å². The Morgan fingerprint density at radius 3 is 1.31 bits per heavy atom. The van der Waals surface area contributed by atoms with Crippen LogP contribution in [0.4, 0.5) is 77.8 Å². The van der Waals surface area contributed by atoms with Gasteiger partial charge in [-0.2, -0.15) is 80.8 Å². The van der Waals surface area contributed by atoms with Gasteiger partial charge in [-0.1, -0.05) is 0 Å². The van der Waals surface area contributed by atoms with Crippen molar-refractivity contribution in [3.05, 3.63) is 5.82 Å². The summed E-state index contributed by atoms with van der Waals surface area (Å²) in [6, 6.07) is 0. The number of nitrogens with zero attached hydrogens (tertiary/aromatic N) is 4. The highest BCUT2D eigenvalue weighted by Crippen LogP contribution is 2.63. The van der Waals surface area contributed by atoms with E-state index in [2.05, 4.69) is 15.0 Å². The van der Waals surface area contributed by atoms with E-state index in [1.54, 1.807) is 0 Å². The zero-order chi connectivity index (χ0) is 25.9. The van der Waals surface area contributed by atoms with Crippen molar-refractivity contribution in [2.45, 2.75) is 41.7 Å². The molecule has 2 N–H and O–H groups in total. The Morgan fingerprint density at radius 2 is 0.938 bits per heavy atom. The van der Waals surface area contributed by atoms with E-state index in [-0.39, 0.29) is 0 Å². The summed E-state index contributed by atoms with van der Waals surface area (Å²) >= 11 is 0. The van der Waals surface area contributed by atoms with E-state index in [1.807, 2.05) is 0 Å². The Hall–Kier alpha value is -2.44. The van der Waals surface area contributed by atoms with Crippen molar-refractivity contribution in [3.8, 4) is 0 Å². The predicted molar refractivity (Wildman–Crippen MR) is 73.3 cm³/mol. The zero-order valence-corrected chi connectivity index (χ0v) is 15.0. The van der Waals surface area contributed by atoms with E-state index in [0.717, 1.165) is 14.1 Å². The maximum atomic E-state index is 14.1. The number of anilines is 2. The van der Waals surface area contributed by atoms with Crippen LogP contribution in [0.25, 0.3) is 0 Å². The zero-order valence-electron chi connectivity index (χ0n) is 15.0. The second kappa shape index (κ2) is 7.29. The molecule has 0 aromatic carbocycles. The van der Waals surface area contributed by atoms with Gasteiger partial charge in [0.25, 0.3) is 0 Å². The molecule has 0 fully saturated rings. The summed E-state index contributed by atoms with van der Waals surface area (Å²) in [6.07, 6.45) is -7.67. The Balaban J connectivity index is 3.73. The van der Waals surface area contributed by atoms with Gasteiger partial charge in [-0.15, -0.1) is 0 Å². The fourth-order valence-electron chi connectivity index (χ4n) is 1.83. The van der Waals surface area contributed by atoms with Crippen LogP contribution in [0.3, 0.4) is 0 Å². The summed E-state index contributed by atoms with van der Waals surface area (Å²) < 4.78 is 198. The standard InChI is InChI=1S/C12H8F15N5/c1-32(2)5-30-3(29-4(28)31-5)6(13,14)7(15,16)8(17,18)9(19,20)10(21,22)11(23,24)12(25,26)27/h1-2H3,(H2,28,29,30,31). The summed E-state index contributed by atoms with van der Waals surface area (Å²) in [5.41, 5.74) is 4.86. The first kappa shape index (κ1) is 27.6. The Labute approximate surface area is 166 Å². The highest BCUT2D eigenvalue weighted by Gasteiger charge is 2.93. The van der Waals surface area contributed by atoms with E-state index < -0.39 is 59.4 Å². The number of alkyl halides is 15. The third-order valence-electron chi connectivity index (χ3n) is 3.65. The Kier molecular flexibility index (Phi) is 6.28. The number of nitrogens with two attached hydrogens (primary N) is 1. The second-order valence-electron chi connectivity index (χ2n) is 6.16. The van der Waals surface area contributed by atoms with Crippen LogP contribution in [0, 0.1) is 0 Å². The van der Waals surface area contributed by atoms with Gasteiger partial charge in [0.15, 0.2) is 0 Å². The fraction of sp³-hybridized carbons (Fsp3) is 0.750. The highest BCUT2D eigenvalue weighted by atomic mass is 19.4. The molecule has 0 saturated heterocycles. The summed E-state index contributed by atoms with van der Waals surface area (Å²) in [5.74, 6) is -52.8. The van der Waals surface area contributed by atoms with E-state index in [1.165, 1.54) is 0 Å². The van der Waals surface area contributed by atoms with Gasteiger partial charge in [-0.05, 0) is 0 Å². The number of nitrogen functional groups attached to an aromatic ring is 1. The van der Waals surface area contributed by atoms with E-state index in [9.17, 15) is 65.9 Å². The Morgan fingerprint density at radius 1 is 0.562 bits per heavy atom. The monoisotopic (exact) mass is 507 g/mol. The number of aromatic nitrogens is 3. The first-order chi connectivity index (χ1) is 13.8. The molecule has 1 aromatic heterocycles. The van der Waals surface area contributed by atoms with Crippen LogP contribution in [0.2, 0.25) is 0 Å². The molecule has 0 unspecified atom stereocenters. The minimum Gasteiger partial charge on any atom is -0.368 e. The Bertz CT molecular complexity index is 848. The molecule has 20 heteroatoms. The normalized spacial score (nSPS) is 15.2. The molecule has 32 heavy (non-hydrogen) atoms. The first-order valence-electron chi connectivity index (χ1n) is 7.33. The highest BCUT2D eigenvalue weighted by molar-refractivity contribution is 5.34. The average Bonchev–Trinajstić information content (AvgIpc) is 2.59. The van der Waals surface area contributed by atoms with E-state index in [0.29, 0.717) is 4.90 Å². The summed E-state index contributed by atoms with van der Waals surface area (Å²) in [4.78, 5) is 8.51. The number of hydrogen-bond donors (Lipinski definition) is 1. The minimum absolute atomic E-state index is 0.626. The third kappa shape index (κ3) is 3.59. The maximum Gasteiger partial charge on any atom is 0.460 e. The van der Waals surface area contributed by atoms with Gasteiger partial charge in [0.2, 0.25) is 17.7 Å². The fourth-order valence-corrected chi connectivity index (χ4v) is 1.83. The molecule has 0 atom stereocenters. The molecular formula is C12H8F15N5. The molecule has 0 bridgehead atoms. The van der Waals surface area contributed by atoms with Crippen molar-refractivity contribution in [1.82, 2.24) is 15.0 Å². The molecule has 0 radical (unpaired) electrons. The van der Waals surface area contributed by atoms with Crippen molar-refractivity contribution in [1.29, 1.82) is 0 Å². The maximum absolute atomic E-state index is 14.1. The van der Waals surface area contributed by atoms with Crippen LogP contribution in [-0.2, 0) is 5.92 Å². The minimum atomic E-state index is -8.39. The number of rotatable bonds is 7. The summed E-state index contributed by atoms with van der Waals surface area (Å²) in [6.45, 7) is 0. The van der Waals surface area contributed by atoms with E-state index >= 15 is 0 Å². The molecular weight excluding hydrogens is 499 g/mol. The van der Waals surface area contributed by atoms with Crippen LogP contribution in [0.5, 0.6) is 0 Å². The molecule has 0 saturated carbocycles. The van der Waals surface area contributed by atoms with E-state index in [4.69, 9.17) is 5.73 Å². The molecule has 1 heterocycles. The van der Waals surface area contributed by atoms with Crippen molar-refractivity contribution in [2.75, 3.05) is 24.7 Å². The van der Waals surface area contributed by atoms with Crippen LogP contribution >= 0.6 is 0 Å². The second-order valence-corrected chi connectivity index (χ2v) is 6.16. The van der Waals surface area contributed by atoms with Gasteiger partial charge in [0.05, 0.1) is 0 Å². The van der Waals surface area contributed by atoms with Gasteiger partial charge < -0.3 is 10.6 Å². The molecule has 0 aliphatic heterocycles. The quantitative estimate of drug-likeness (QED) is 0.557. The number of hydrogen-bond acceptors (Lipinski definition) is 5. The molecule has 5 nitrogen and oxygen atoms in total. The lowest BCUT2D eigenvalue weighted by atomic mass is 9.91. The van der Waals surface area contributed by atoms with Crippen LogP contribution < -0.4 is 10.6 Å². The van der Waals surface area contributed by atoms with Crippen molar-refractivity contribution >= 4 is 11.9 Å². The lowest BCUT2D eigenvalue weighted by Crippen LogP contribution is -2.72. The molecule has 0 aliphatic carbocycles. The number of halogens is 15. The summed E-state index contributed by atoms with van der Waals surface area (Å²) in [5, 5.41) is 0. The predicted octanol–water partition coefficient (Wildman–Crippen LogP) is 4.35. The van der Waals surface area contributed by atoms with Gasteiger partial charge in [-0.3, -0.25) is 0 Å². The largest absolute Gasteiger partial charge is 0.460 e. The molecule has 1 aromatic rings. The van der Waals surface area contributed by atoms with Crippen molar-refractivity contribution in [2.24, 2.45) is 0 Å². The van der Waals surface area contributed by atoms with Crippen LogP contribution in [0.1, 0.15) is 5.82 Å². The van der Waals surface area contributed by atoms with Gasteiger partial charge >= 0.3 is 41.7 Å². The molecule has 1 rings (SSSR count). The van der Waals surface area contributed by atoms with Gasteiger partial charge in [-0.25, -0.2) is 0 Å². The van der Waals surface area contributed by atoms with Gasteiger partial charge in [0, 0.05) is 14.1 Å². The van der Waals surface area contributed by atoms with Crippen LogP contribution in [0.15, 0.2) is 0 Å². The third-order valence-corrected chi connectivity index (χ3v) is 3.65. The SMILES string of the molecule is CN(C)c1nc(N)nc(C(F)(F)C(F)(F)C(F)(F)C(F)(F)C(F)(F)C(F)(F)C(F)(F)F)n1. The first-order valence-corrected chi connectivity index (χ1v) is 7.33. The van der Waals surface area contributed by atoms with Crippen LogP contribution in [-0.4, -0.2) is 64.8 Å². The lowest BCUT2D eigenvalue weighted by molar-refractivity contribution is -0.454. The average molecular weight is 507 g/mol. The molecule has 0 spiro atoms. The van der Waals surface area contributed by atoms with Crippen molar-refractivity contribution < 1.29 is 65.9 Å². The lowest BCUT2D eigenvalue weighted by Gasteiger charge is -2.41. The van der Waals surface area contributed by atoms with Gasteiger partial charge in [0.1, 0.15) is 0 Å². The molecule has 0 aliphatic rings. The molecule has 0 amide bonds. The molecule has 186 valence electrons. The van der Waals surface area contributed by atoms with Crippen molar-refractivity contribution in [3.63, 3.8) is 0 Å². The summed E-state index contributed by atoms with van der Waals surface area (Å²) in [7, 11) is 1.88.